The van der Waals surface area contributed by atoms with Crippen LogP contribution >= 0.6 is 0 Å². The van der Waals surface area contributed by atoms with Crippen LogP contribution in [0.2, 0.25) is 0 Å². The average molecular weight is 249 g/mol. The van der Waals surface area contributed by atoms with Gasteiger partial charge in [0, 0.05) is 22.7 Å². The van der Waals surface area contributed by atoms with Crippen LogP contribution in [0.4, 0.5) is 0 Å². The Hall–Kier alpha value is -2.35. The van der Waals surface area contributed by atoms with E-state index in [-0.39, 0.29) is 0 Å². The molecule has 94 valence electrons. The number of pyridine rings is 1. The third-order valence-electron chi connectivity index (χ3n) is 3.34. The molecule has 0 radical (unpaired) electrons. The summed E-state index contributed by atoms with van der Waals surface area (Å²) in [6, 6.07) is 10.2. The lowest BCUT2D eigenvalue weighted by atomic mass is 10.0. The Labute approximate surface area is 112 Å². The molecular weight excluding hydrogens is 234 g/mol. The van der Waals surface area contributed by atoms with Gasteiger partial charge < -0.3 is 4.42 Å². The number of aromatic nitrogens is 1. The fourth-order valence-corrected chi connectivity index (χ4v) is 2.40. The number of hydrogen-bond donors (Lipinski definition) is 0. The predicted molar refractivity (Wildman–Crippen MR) is 79.0 cm³/mol. The van der Waals surface area contributed by atoms with E-state index in [4.69, 9.17) is 4.42 Å². The molecule has 3 rings (SSSR count). The lowest BCUT2D eigenvalue weighted by Crippen LogP contribution is -1.84. The number of benzene rings is 1. The second kappa shape index (κ2) is 4.39. The third kappa shape index (κ3) is 1.85. The monoisotopic (exact) mass is 249 g/mol. The zero-order valence-electron chi connectivity index (χ0n) is 11.1. The van der Waals surface area contributed by atoms with Crippen LogP contribution in [-0.4, -0.2) is 4.98 Å². The molecular formula is C17H15NO. The fourth-order valence-electron chi connectivity index (χ4n) is 2.40. The van der Waals surface area contributed by atoms with Crippen molar-refractivity contribution in [2.45, 2.75) is 13.8 Å². The SMILES string of the molecule is C=Cc1c(C)oc2c(-c3cc(C)ccn3)cccc12. The topological polar surface area (TPSA) is 26.0 Å². The molecule has 0 aliphatic carbocycles. The van der Waals surface area contributed by atoms with Gasteiger partial charge in [0.1, 0.15) is 11.3 Å². The maximum atomic E-state index is 5.90. The number of hydrogen-bond acceptors (Lipinski definition) is 2. The summed E-state index contributed by atoms with van der Waals surface area (Å²) < 4.78 is 5.90. The van der Waals surface area contributed by atoms with Gasteiger partial charge in [-0.3, -0.25) is 4.98 Å². The third-order valence-corrected chi connectivity index (χ3v) is 3.34. The summed E-state index contributed by atoms with van der Waals surface area (Å²) in [5, 5.41) is 1.09. The Morgan fingerprint density at radius 2 is 2.05 bits per heavy atom. The molecule has 0 unspecified atom stereocenters. The quantitative estimate of drug-likeness (QED) is 0.654. The van der Waals surface area contributed by atoms with Crippen LogP contribution in [0.15, 0.2) is 47.5 Å². The van der Waals surface area contributed by atoms with Crippen molar-refractivity contribution in [3.05, 3.63) is 60.0 Å². The Morgan fingerprint density at radius 3 is 2.79 bits per heavy atom. The highest BCUT2D eigenvalue weighted by atomic mass is 16.3. The van der Waals surface area contributed by atoms with Crippen LogP contribution in [0.25, 0.3) is 28.3 Å². The number of fused-ring (bicyclic) bond motifs is 1. The zero-order chi connectivity index (χ0) is 13.4. The minimum absolute atomic E-state index is 0.882. The van der Waals surface area contributed by atoms with Crippen molar-refractivity contribution >= 4 is 17.0 Å². The first-order valence-electron chi connectivity index (χ1n) is 6.28. The van der Waals surface area contributed by atoms with Crippen LogP contribution in [-0.2, 0) is 0 Å². The van der Waals surface area contributed by atoms with Crippen LogP contribution in [0.1, 0.15) is 16.9 Å². The molecule has 2 heteroatoms. The lowest BCUT2D eigenvalue weighted by molar-refractivity contribution is 0.578. The minimum atomic E-state index is 0.882. The standard InChI is InChI=1S/C17H15NO/c1-4-13-12(3)19-17-14(13)6-5-7-15(17)16-10-11(2)8-9-18-16/h4-10H,1H2,2-3H3. The summed E-state index contributed by atoms with van der Waals surface area (Å²) in [4.78, 5) is 4.44. The second-order valence-corrected chi connectivity index (χ2v) is 4.68. The maximum Gasteiger partial charge on any atom is 0.144 e. The highest BCUT2D eigenvalue weighted by molar-refractivity contribution is 5.97. The molecule has 0 fully saturated rings. The summed E-state index contributed by atoms with van der Waals surface area (Å²) in [6.45, 7) is 7.88. The van der Waals surface area contributed by atoms with Gasteiger partial charge in [-0.15, -0.1) is 0 Å². The van der Waals surface area contributed by atoms with Crippen LogP contribution in [0.5, 0.6) is 0 Å². The van der Waals surface area contributed by atoms with Crippen molar-refractivity contribution in [3.8, 4) is 11.3 Å². The van der Waals surface area contributed by atoms with E-state index >= 15 is 0 Å². The van der Waals surface area contributed by atoms with Gasteiger partial charge >= 0.3 is 0 Å². The molecule has 2 aromatic heterocycles. The molecule has 0 saturated carbocycles. The van der Waals surface area contributed by atoms with Crippen LogP contribution in [0, 0.1) is 13.8 Å². The lowest BCUT2D eigenvalue weighted by Gasteiger charge is -2.02. The molecule has 0 N–H and O–H groups in total. The molecule has 0 bridgehead atoms. The Kier molecular flexibility index (Phi) is 2.71. The molecule has 0 amide bonds. The van der Waals surface area contributed by atoms with E-state index in [1.54, 1.807) is 0 Å². The first-order valence-corrected chi connectivity index (χ1v) is 6.28. The van der Waals surface area contributed by atoms with E-state index in [0.29, 0.717) is 0 Å². The molecule has 19 heavy (non-hydrogen) atoms. The molecule has 0 aliphatic rings. The van der Waals surface area contributed by atoms with Gasteiger partial charge in [0.15, 0.2) is 0 Å². The fraction of sp³-hybridized carbons (Fsp3) is 0.118. The van der Waals surface area contributed by atoms with E-state index in [1.807, 2.05) is 37.4 Å². The van der Waals surface area contributed by atoms with Gasteiger partial charge in [0.05, 0.1) is 5.69 Å². The molecule has 2 heterocycles. The summed E-state index contributed by atoms with van der Waals surface area (Å²) in [6.07, 6.45) is 3.67. The summed E-state index contributed by atoms with van der Waals surface area (Å²) in [5.41, 5.74) is 5.10. The number of nitrogens with zero attached hydrogens (tertiary/aromatic N) is 1. The van der Waals surface area contributed by atoms with Gasteiger partial charge in [0.2, 0.25) is 0 Å². The van der Waals surface area contributed by atoms with E-state index in [1.165, 1.54) is 5.56 Å². The van der Waals surface area contributed by atoms with Crippen molar-refractivity contribution in [2.75, 3.05) is 0 Å². The van der Waals surface area contributed by atoms with E-state index < -0.39 is 0 Å². The summed E-state index contributed by atoms with van der Waals surface area (Å²) in [5.74, 6) is 0.894. The van der Waals surface area contributed by atoms with Crippen molar-refractivity contribution in [1.82, 2.24) is 4.98 Å². The molecule has 3 aromatic rings. The number of aryl methyl sites for hydroxylation is 2. The Morgan fingerprint density at radius 1 is 1.21 bits per heavy atom. The van der Waals surface area contributed by atoms with Crippen LogP contribution < -0.4 is 0 Å². The maximum absolute atomic E-state index is 5.90. The van der Waals surface area contributed by atoms with Crippen molar-refractivity contribution < 1.29 is 4.42 Å². The molecule has 0 atom stereocenters. The molecule has 2 nitrogen and oxygen atoms in total. The minimum Gasteiger partial charge on any atom is -0.460 e. The Bertz CT molecular complexity index is 768. The van der Waals surface area contributed by atoms with E-state index in [0.717, 1.165) is 33.6 Å². The second-order valence-electron chi connectivity index (χ2n) is 4.68. The van der Waals surface area contributed by atoms with Crippen molar-refractivity contribution in [2.24, 2.45) is 0 Å². The van der Waals surface area contributed by atoms with E-state index in [9.17, 15) is 0 Å². The molecule has 0 spiro atoms. The largest absolute Gasteiger partial charge is 0.460 e. The average Bonchev–Trinajstić information content (AvgIpc) is 2.73. The highest BCUT2D eigenvalue weighted by Gasteiger charge is 2.13. The number of rotatable bonds is 2. The smallest absolute Gasteiger partial charge is 0.144 e. The zero-order valence-corrected chi connectivity index (χ0v) is 11.1. The normalized spacial score (nSPS) is 10.8. The van der Waals surface area contributed by atoms with Gasteiger partial charge in [0.25, 0.3) is 0 Å². The number of furan rings is 1. The molecule has 1 aromatic carbocycles. The predicted octanol–water partition coefficient (Wildman–Crippen LogP) is 4.75. The van der Waals surface area contributed by atoms with Gasteiger partial charge in [-0.1, -0.05) is 24.8 Å². The van der Waals surface area contributed by atoms with Gasteiger partial charge in [-0.25, -0.2) is 0 Å². The first kappa shape index (κ1) is 11.7. The highest BCUT2D eigenvalue weighted by Crippen LogP contribution is 2.33. The number of para-hydroxylation sites is 1. The summed E-state index contributed by atoms with van der Waals surface area (Å²) >= 11 is 0. The molecule has 0 saturated heterocycles. The summed E-state index contributed by atoms with van der Waals surface area (Å²) in [7, 11) is 0. The van der Waals surface area contributed by atoms with Gasteiger partial charge in [-0.2, -0.15) is 0 Å². The Balaban J connectivity index is 2.33. The molecule has 0 aliphatic heterocycles. The first-order chi connectivity index (χ1) is 9.20. The van der Waals surface area contributed by atoms with Crippen molar-refractivity contribution in [1.29, 1.82) is 0 Å². The van der Waals surface area contributed by atoms with Crippen molar-refractivity contribution in [3.63, 3.8) is 0 Å². The van der Waals surface area contributed by atoms with E-state index in [2.05, 4.69) is 30.6 Å². The van der Waals surface area contributed by atoms with Crippen LogP contribution in [0.3, 0.4) is 0 Å². The van der Waals surface area contributed by atoms with Gasteiger partial charge in [-0.05, 0) is 37.6 Å².